The Bertz CT molecular complexity index is 721. The molecule has 0 radical (unpaired) electrons. The van der Waals surface area contributed by atoms with Gasteiger partial charge in [0.25, 0.3) is 0 Å². The summed E-state index contributed by atoms with van der Waals surface area (Å²) >= 11 is 1.51. The maximum Gasteiger partial charge on any atom is 0.240 e. The molecule has 2 aromatic heterocycles. The summed E-state index contributed by atoms with van der Waals surface area (Å²) in [5.41, 5.74) is 0.864. The van der Waals surface area contributed by atoms with Crippen molar-refractivity contribution < 1.29 is 4.79 Å². The van der Waals surface area contributed by atoms with E-state index >= 15 is 0 Å². The molecular weight excluding hydrogens is 326 g/mol. The SMILES string of the molecule is Cn1cc(N2CCCC(Sc3nnnn3C3CCCC3)C2=O)cn1. The number of carbonyl (C=O) groups is 1. The minimum atomic E-state index is -0.134. The molecule has 1 unspecified atom stereocenters. The van der Waals surface area contributed by atoms with Crippen LogP contribution < -0.4 is 4.90 Å². The summed E-state index contributed by atoms with van der Waals surface area (Å²) < 4.78 is 3.65. The van der Waals surface area contributed by atoms with Gasteiger partial charge in [0, 0.05) is 19.8 Å². The maximum absolute atomic E-state index is 12.9. The fourth-order valence-electron chi connectivity index (χ4n) is 3.52. The van der Waals surface area contributed by atoms with E-state index in [0.29, 0.717) is 6.04 Å². The Morgan fingerprint density at radius 2 is 2.04 bits per heavy atom. The van der Waals surface area contributed by atoms with E-state index in [1.807, 2.05) is 22.8 Å². The number of piperidine rings is 1. The normalized spacial score (nSPS) is 22.5. The van der Waals surface area contributed by atoms with Crippen molar-refractivity contribution in [2.75, 3.05) is 11.4 Å². The first-order valence-electron chi connectivity index (χ1n) is 8.47. The highest BCUT2D eigenvalue weighted by atomic mass is 32.2. The highest BCUT2D eigenvalue weighted by molar-refractivity contribution is 8.00. The molecule has 1 saturated carbocycles. The van der Waals surface area contributed by atoms with Gasteiger partial charge in [-0.2, -0.15) is 5.10 Å². The molecule has 1 aliphatic heterocycles. The molecule has 1 amide bonds. The number of nitrogens with zero attached hydrogens (tertiary/aromatic N) is 7. The second-order valence-corrected chi connectivity index (χ2v) is 7.62. The predicted molar refractivity (Wildman–Crippen MR) is 89.8 cm³/mol. The molecular formula is C15H21N7OS. The average Bonchev–Trinajstić information content (AvgIpc) is 3.30. The molecule has 1 aliphatic carbocycles. The Morgan fingerprint density at radius 1 is 1.21 bits per heavy atom. The van der Waals surface area contributed by atoms with E-state index in [4.69, 9.17) is 0 Å². The van der Waals surface area contributed by atoms with Gasteiger partial charge < -0.3 is 4.90 Å². The highest BCUT2D eigenvalue weighted by Crippen LogP contribution is 2.35. The molecule has 0 N–H and O–H groups in total. The van der Waals surface area contributed by atoms with Gasteiger partial charge >= 0.3 is 0 Å². The van der Waals surface area contributed by atoms with Gasteiger partial charge in [-0.3, -0.25) is 9.48 Å². The third kappa shape index (κ3) is 2.92. The van der Waals surface area contributed by atoms with Crippen molar-refractivity contribution in [2.24, 2.45) is 7.05 Å². The minimum Gasteiger partial charge on any atom is -0.309 e. The fraction of sp³-hybridized carbons (Fsp3) is 0.667. The van der Waals surface area contributed by atoms with Crippen molar-refractivity contribution in [1.29, 1.82) is 0 Å². The van der Waals surface area contributed by atoms with E-state index in [0.717, 1.165) is 43.1 Å². The molecule has 128 valence electrons. The van der Waals surface area contributed by atoms with Gasteiger partial charge in [0.05, 0.1) is 23.2 Å². The van der Waals surface area contributed by atoms with Gasteiger partial charge in [-0.1, -0.05) is 24.6 Å². The monoisotopic (exact) mass is 347 g/mol. The summed E-state index contributed by atoms with van der Waals surface area (Å²) in [6.45, 7) is 0.745. The van der Waals surface area contributed by atoms with Crippen molar-refractivity contribution in [3.8, 4) is 0 Å². The van der Waals surface area contributed by atoms with Gasteiger partial charge in [-0.25, -0.2) is 4.68 Å². The highest BCUT2D eigenvalue weighted by Gasteiger charge is 2.33. The van der Waals surface area contributed by atoms with Crippen LogP contribution >= 0.6 is 11.8 Å². The summed E-state index contributed by atoms with van der Waals surface area (Å²) in [6.07, 6.45) is 10.2. The summed E-state index contributed by atoms with van der Waals surface area (Å²) in [7, 11) is 1.86. The molecule has 3 heterocycles. The zero-order chi connectivity index (χ0) is 16.5. The largest absolute Gasteiger partial charge is 0.309 e. The van der Waals surface area contributed by atoms with Crippen LogP contribution in [0.1, 0.15) is 44.6 Å². The smallest absolute Gasteiger partial charge is 0.240 e. The van der Waals surface area contributed by atoms with Crippen molar-refractivity contribution in [1.82, 2.24) is 30.0 Å². The lowest BCUT2D eigenvalue weighted by Gasteiger charge is -2.30. The summed E-state index contributed by atoms with van der Waals surface area (Å²) in [4.78, 5) is 14.7. The van der Waals surface area contributed by atoms with Crippen molar-refractivity contribution in [2.45, 2.75) is 55.0 Å². The number of hydrogen-bond donors (Lipinski definition) is 0. The second kappa shape index (κ2) is 6.54. The Kier molecular flexibility index (Phi) is 4.26. The molecule has 2 aliphatic rings. The lowest BCUT2D eigenvalue weighted by atomic mass is 10.1. The van der Waals surface area contributed by atoms with Gasteiger partial charge in [0.15, 0.2) is 0 Å². The number of hydrogen-bond acceptors (Lipinski definition) is 6. The van der Waals surface area contributed by atoms with E-state index in [-0.39, 0.29) is 11.2 Å². The van der Waals surface area contributed by atoms with Crippen LogP contribution in [0.4, 0.5) is 5.69 Å². The predicted octanol–water partition coefficient (Wildman–Crippen LogP) is 1.81. The van der Waals surface area contributed by atoms with Crippen LogP contribution in [0.2, 0.25) is 0 Å². The number of aromatic nitrogens is 6. The second-order valence-electron chi connectivity index (χ2n) is 6.46. The van der Waals surface area contributed by atoms with Gasteiger partial charge in [0.2, 0.25) is 11.1 Å². The van der Waals surface area contributed by atoms with E-state index in [1.54, 1.807) is 10.9 Å². The van der Waals surface area contributed by atoms with E-state index in [1.165, 1.54) is 24.6 Å². The lowest BCUT2D eigenvalue weighted by Crippen LogP contribution is -2.43. The summed E-state index contributed by atoms with van der Waals surface area (Å²) in [5.74, 6) is 0.125. The molecule has 0 spiro atoms. The van der Waals surface area contributed by atoms with Crippen LogP contribution in [-0.4, -0.2) is 47.7 Å². The van der Waals surface area contributed by atoms with Crippen LogP contribution in [0.25, 0.3) is 0 Å². The molecule has 8 nitrogen and oxygen atoms in total. The summed E-state index contributed by atoms with van der Waals surface area (Å²) in [6, 6.07) is 0.385. The molecule has 1 saturated heterocycles. The third-order valence-corrected chi connectivity index (χ3v) is 5.97. The number of aryl methyl sites for hydroxylation is 1. The molecule has 0 bridgehead atoms. The fourth-order valence-corrected chi connectivity index (χ4v) is 4.67. The number of amides is 1. The van der Waals surface area contributed by atoms with Crippen LogP contribution in [-0.2, 0) is 11.8 Å². The van der Waals surface area contributed by atoms with Crippen LogP contribution in [0, 0.1) is 0 Å². The Labute approximate surface area is 144 Å². The number of anilines is 1. The molecule has 2 aromatic rings. The van der Waals surface area contributed by atoms with Crippen molar-refractivity contribution in [3.63, 3.8) is 0 Å². The van der Waals surface area contributed by atoms with E-state index in [2.05, 4.69) is 20.6 Å². The average molecular weight is 347 g/mol. The number of carbonyl (C=O) groups excluding carboxylic acids is 1. The standard InChI is InChI=1S/C15H21N7OS/c1-20-10-12(9-16-20)21-8-4-7-13(14(21)23)24-15-17-18-19-22(15)11-5-2-3-6-11/h9-11,13H,2-8H2,1H3. The van der Waals surface area contributed by atoms with Gasteiger partial charge in [0.1, 0.15) is 0 Å². The number of tetrazole rings is 1. The van der Waals surface area contributed by atoms with Gasteiger partial charge in [-0.05, 0) is 36.1 Å². The van der Waals surface area contributed by atoms with Gasteiger partial charge in [-0.15, -0.1) is 5.10 Å². The van der Waals surface area contributed by atoms with Crippen molar-refractivity contribution in [3.05, 3.63) is 12.4 Å². The third-order valence-electron chi connectivity index (χ3n) is 4.77. The van der Waals surface area contributed by atoms with E-state index < -0.39 is 0 Å². The van der Waals surface area contributed by atoms with Crippen LogP contribution in [0.3, 0.4) is 0 Å². The van der Waals surface area contributed by atoms with E-state index in [9.17, 15) is 4.79 Å². The number of thioether (sulfide) groups is 1. The minimum absolute atomic E-state index is 0.125. The zero-order valence-corrected chi connectivity index (χ0v) is 14.5. The topological polar surface area (TPSA) is 81.7 Å². The van der Waals surface area contributed by atoms with Crippen molar-refractivity contribution >= 4 is 23.4 Å². The van der Waals surface area contributed by atoms with Crippen LogP contribution in [0.5, 0.6) is 0 Å². The summed E-state index contributed by atoms with van der Waals surface area (Å²) in [5, 5.41) is 17.0. The molecule has 2 fully saturated rings. The zero-order valence-electron chi connectivity index (χ0n) is 13.7. The first-order valence-corrected chi connectivity index (χ1v) is 9.35. The molecule has 1 atom stereocenters. The quantitative estimate of drug-likeness (QED) is 0.839. The Morgan fingerprint density at radius 3 is 2.79 bits per heavy atom. The molecule has 24 heavy (non-hydrogen) atoms. The Hall–Kier alpha value is -1.90. The molecule has 4 rings (SSSR count). The molecule has 9 heteroatoms. The number of rotatable bonds is 4. The van der Waals surface area contributed by atoms with Crippen LogP contribution in [0.15, 0.2) is 17.6 Å². The Balaban J connectivity index is 1.50. The maximum atomic E-state index is 12.9. The first kappa shape index (κ1) is 15.6. The first-order chi connectivity index (χ1) is 11.7. The molecule has 0 aromatic carbocycles. The lowest BCUT2D eigenvalue weighted by molar-refractivity contribution is -0.119.